The standard InChI is InChI=1S/C17H27ClN2O3/c1-5-23-17-14(18)8-13(9-16(17)22-4)15(11-21)20-7-6-19(3)10-12(20)2/h8-9,12,15,21H,5-7,10-11H2,1-4H3. The van der Waals surface area contributed by atoms with Gasteiger partial charge in [0.2, 0.25) is 0 Å². The molecule has 0 aromatic heterocycles. The summed E-state index contributed by atoms with van der Waals surface area (Å²) in [6.07, 6.45) is 0. The second-order valence-corrected chi connectivity index (χ2v) is 6.42. The maximum absolute atomic E-state index is 9.97. The van der Waals surface area contributed by atoms with E-state index in [1.54, 1.807) is 7.11 Å². The van der Waals surface area contributed by atoms with Gasteiger partial charge in [-0.25, -0.2) is 0 Å². The van der Waals surface area contributed by atoms with Crippen molar-refractivity contribution in [3.05, 3.63) is 22.7 Å². The Kier molecular flexibility index (Phi) is 6.53. The van der Waals surface area contributed by atoms with Crippen LogP contribution >= 0.6 is 11.6 Å². The molecule has 1 aliphatic heterocycles. The van der Waals surface area contributed by atoms with Crippen LogP contribution in [0, 0.1) is 0 Å². The molecule has 0 saturated carbocycles. The van der Waals surface area contributed by atoms with Gasteiger partial charge in [-0.15, -0.1) is 0 Å². The first-order valence-electron chi connectivity index (χ1n) is 8.07. The monoisotopic (exact) mass is 342 g/mol. The van der Waals surface area contributed by atoms with E-state index >= 15 is 0 Å². The molecule has 1 fully saturated rings. The molecule has 1 N–H and O–H groups in total. The summed E-state index contributed by atoms with van der Waals surface area (Å²) in [6.45, 7) is 7.55. The van der Waals surface area contributed by atoms with Gasteiger partial charge in [0.15, 0.2) is 11.5 Å². The first-order valence-corrected chi connectivity index (χ1v) is 8.44. The Morgan fingerprint density at radius 1 is 1.39 bits per heavy atom. The number of methoxy groups -OCH3 is 1. The first-order chi connectivity index (χ1) is 11.0. The lowest BCUT2D eigenvalue weighted by Crippen LogP contribution is -2.52. The summed E-state index contributed by atoms with van der Waals surface area (Å²) in [5.41, 5.74) is 0.953. The highest BCUT2D eigenvalue weighted by Gasteiger charge is 2.29. The predicted octanol–water partition coefficient (Wildman–Crippen LogP) is 2.42. The minimum absolute atomic E-state index is 0.0432. The van der Waals surface area contributed by atoms with Crippen LogP contribution in [0.5, 0.6) is 11.5 Å². The van der Waals surface area contributed by atoms with Crippen LogP contribution < -0.4 is 9.47 Å². The summed E-state index contributed by atoms with van der Waals surface area (Å²) in [6, 6.07) is 4.06. The summed E-state index contributed by atoms with van der Waals surface area (Å²) in [4.78, 5) is 4.63. The Morgan fingerprint density at radius 2 is 2.13 bits per heavy atom. The molecule has 6 heteroatoms. The van der Waals surface area contributed by atoms with E-state index < -0.39 is 0 Å². The second-order valence-electron chi connectivity index (χ2n) is 6.01. The molecule has 0 amide bonds. The smallest absolute Gasteiger partial charge is 0.179 e. The lowest BCUT2D eigenvalue weighted by molar-refractivity contribution is 0.0340. The molecule has 1 saturated heterocycles. The van der Waals surface area contributed by atoms with Crippen molar-refractivity contribution in [1.29, 1.82) is 0 Å². The highest BCUT2D eigenvalue weighted by atomic mass is 35.5. The molecule has 130 valence electrons. The Bertz CT molecular complexity index is 527. The van der Waals surface area contributed by atoms with Crippen LogP contribution in [0.4, 0.5) is 0 Å². The molecule has 1 aromatic rings. The Morgan fingerprint density at radius 3 is 2.70 bits per heavy atom. The van der Waals surface area contributed by atoms with Crippen molar-refractivity contribution < 1.29 is 14.6 Å². The van der Waals surface area contributed by atoms with Gasteiger partial charge in [-0.3, -0.25) is 4.90 Å². The van der Waals surface area contributed by atoms with Gasteiger partial charge < -0.3 is 19.5 Å². The molecule has 0 radical (unpaired) electrons. The third-order valence-electron chi connectivity index (χ3n) is 4.38. The van der Waals surface area contributed by atoms with Crippen LogP contribution in [-0.4, -0.2) is 68.0 Å². The van der Waals surface area contributed by atoms with E-state index in [-0.39, 0.29) is 12.6 Å². The van der Waals surface area contributed by atoms with Gasteiger partial charge in [0, 0.05) is 25.7 Å². The van der Waals surface area contributed by atoms with E-state index in [4.69, 9.17) is 21.1 Å². The Balaban J connectivity index is 2.32. The average Bonchev–Trinajstić information content (AvgIpc) is 2.52. The topological polar surface area (TPSA) is 45.2 Å². The highest BCUT2D eigenvalue weighted by molar-refractivity contribution is 6.32. The number of piperazine rings is 1. The highest BCUT2D eigenvalue weighted by Crippen LogP contribution is 2.39. The summed E-state index contributed by atoms with van der Waals surface area (Å²) in [5.74, 6) is 1.16. The molecule has 1 aliphatic rings. The van der Waals surface area contributed by atoms with Gasteiger partial charge in [-0.05, 0) is 38.6 Å². The van der Waals surface area contributed by atoms with Crippen molar-refractivity contribution in [2.45, 2.75) is 25.9 Å². The number of hydrogen-bond acceptors (Lipinski definition) is 5. The zero-order valence-corrected chi connectivity index (χ0v) is 15.1. The number of nitrogens with zero attached hydrogens (tertiary/aromatic N) is 2. The van der Waals surface area contributed by atoms with Crippen molar-refractivity contribution in [3.8, 4) is 11.5 Å². The molecule has 2 rings (SSSR count). The third-order valence-corrected chi connectivity index (χ3v) is 4.66. The number of halogens is 1. The number of ether oxygens (including phenoxy) is 2. The van der Waals surface area contributed by atoms with Crippen LogP contribution in [0.2, 0.25) is 5.02 Å². The molecule has 0 spiro atoms. The molecule has 0 bridgehead atoms. The van der Waals surface area contributed by atoms with Gasteiger partial charge in [0.25, 0.3) is 0 Å². The quantitative estimate of drug-likeness (QED) is 0.860. The van der Waals surface area contributed by atoms with Crippen LogP contribution in [0.1, 0.15) is 25.5 Å². The molecule has 1 heterocycles. The zero-order chi connectivity index (χ0) is 17.0. The molecule has 2 atom stereocenters. The van der Waals surface area contributed by atoms with Gasteiger partial charge >= 0.3 is 0 Å². The van der Waals surface area contributed by atoms with Crippen LogP contribution in [-0.2, 0) is 0 Å². The summed E-state index contributed by atoms with van der Waals surface area (Å²) in [5, 5.41) is 10.5. The van der Waals surface area contributed by atoms with Crippen molar-refractivity contribution >= 4 is 11.6 Å². The minimum atomic E-state index is -0.0965. The van der Waals surface area contributed by atoms with Crippen molar-refractivity contribution in [2.75, 3.05) is 47.0 Å². The minimum Gasteiger partial charge on any atom is -0.493 e. The van der Waals surface area contributed by atoms with Crippen LogP contribution in [0.3, 0.4) is 0 Å². The summed E-state index contributed by atoms with van der Waals surface area (Å²) < 4.78 is 11.0. The second kappa shape index (κ2) is 8.20. The molecule has 23 heavy (non-hydrogen) atoms. The molecule has 2 unspecified atom stereocenters. The fourth-order valence-corrected chi connectivity index (χ4v) is 3.51. The predicted molar refractivity (Wildman–Crippen MR) is 92.7 cm³/mol. The lowest BCUT2D eigenvalue weighted by atomic mass is 10.0. The van der Waals surface area contributed by atoms with Gasteiger partial charge in [0.1, 0.15) is 0 Å². The van der Waals surface area contributed by atoms with Gasteiger partial charge in [-0.1, -0.05) is 11.6 Å². The summed E-state index contributed by atoms with van der Waals surface area (Å²) in [7, 11) is 3.73. The SMILES string of the molecule is CCOc1c(Cl)cc(C(CO)N2CCN(C)CC2C)cc1OC. The fourth-order valence-electron chi connectivity index (χ4n) is 3.24. The Hall–Kier alpha value is -1.01. The van der Waals surface area contributed by atoms with E-state index in [9.17, 15) is 5.11 Å². The maximum atomic E-state index is 9.97. The number of likely N-dealkylation sites (N-methyl/N-ethyl adjacent to an activating group) is 1. The molecule has 0 aliphatic carbocycles. The van der Waals surface area contributed by atoms with E-state index in [0.29, 0.717) is 29.2 Å². The van der Waals surface area contributed by atoms with Crippen molar-refractivity contribution in [3.63, 3.8) is 0 Å². The van der Waals surface area contributed by atoms with Gasteiger partial charge in [-0.2, -0.15) is 0 Å². The largest absolute Gasteiger partial charge is 0.493 e. The van der Waals surface area contributed by atoms with Gasteiger partial charge in [0.05, 0.1) is 31.4 Å². The molecule has 5 nitrogen and oxygen atoms in total. The number of rotatable bonds is 6. The van der Waals surface area contributed by atoms with Crippen LogP contribution in [0.15, 0.2) is 12.1 Å². The van der Waals surface area contributed by atoms with Crippen molar-refractivity contribution in [1.82, 2.24) is 9.80 Å². The molecular weight excluding hydrogens is 316 g/mol. The zero-order valence-electron chi connectivity index (χ0n) is 14.4. The van der Waals surface area contributed by atoms with Crippen LogP contribution in [0.25, 0.3) is 0 Å². The Labute approximate surface area is 143 Å². The average molecular weight is 343 g/mol. The van der Waals surface area contributed by atoms with Crippen molar-refractivity contribution in [2.24, 2.45) is 0 Å². The number of benzene rings is 1. The number of aliphatic hydroxyl groups is 1. The number of hydrogen-bond donors (Lipinski definition) is 1. The fraction of sp³-hybridized carbons (Fsp3) is 0.647. The first kappa shape index (κ1) is 18.3. The normalized spacial score (nSPS) is 21.2. The molecular formula is C17H27ClN2O3. The maximum Gasteiger partial charge on any atom is 0.179 e. The molecule has 1 aromatic carbocycles. The van der Waals surface area contributed by atoms with E-state index in [2.05, 4.69) is 23.8 Å². The number of aliphatic hydroxyl groups excluding tert-OH is 1. The summed E-state index contributed by atoms with van der Waals surface area (Å²) >= 11 is 6.38. The van der Waals surface area contributed by atoms with E-state index in [1.165, 1.54) is 0 Å². The lowest BCUT2D eigenvalue weighted by Gasteiger charge is -2.42. The van der Waals surface area contributed by atoms with E-state index in [0.717, 1.165) is 25.2 Å². The third kappa shape index (κ3) is 4.10. The van der Waals surface area contributed by atoms with E-state index in [1.807, 2.05) is 19.1 Å².